The summed E-state index contributed by atoms with van der Waals surface area (Å²) in [6.45, 7) is 5.21. The van der Waals surface area contributed by atoms with E-state index < -0.39 is 0 Å². The van der Waals surface area contributed by atoms with Gasteiger partial charge in [-0.15, -0.1) is 0 Å². The molecule has 1 nitrogen and oxygen atoms in total. The molecule has 0 amide bonds. The molecule has 0 saturated carbocycles. The van der Waals surface area contributed by atoms with Crippen molar-refractivity contribution in [1.82, 2.24) is 5.32 Å². The number of rotatable bonds is 5. The van der Waals surface area contributed by atoms with Crippen molar-refractivity contribution in [3.05, 3.63) is 68.7 Å². The monoisotopic (exact) mass is 351 g/mol. The van der Waals surface area contributed by atoms with Crippen LogP contribution < -0.4 is 5.32 Å². The molecule has 0 aromatic heterocycles. The lowest BCUT2D eigenvalue weighted by atomic mass is 9.95. The first kappa shape index (κ1) is 15.6. The Morgan fingerprint density at radius 1 is 1.15 bits per heavy atom. The molecule has 2 aromatic carbocycles. The summed E-state index contributed by atoms with van der Waals surface area (Å²) in [4.78, 5) is 0. The van der Waals surface area contributed by atoms with Crippen LogP contribution in [-0.4, -0.2) is 6.54 Å². The summed E-state index contributed by atoms with van der Waals surface area (Å²) in [7, 11) is 0. The summed E-state index contributed by atoms with van der Waals surface area (Å²) in [5.74, 6) is 0. The van der Waals surface area contributed by atoms with E-state index in [0.717, 1.165) is 22.5 Å². The fourth-order valence-corrected chi connectivity index (χ4v) is 3.02. The Morgan fingerprint density at radius 3 is 2.60 bits per heavy atom. The van der Waals surface area contributed by atoms with Crippen molar-refractivity contribution in [2.24, 2.45) is 0 Å². The Hall–Kier alpha value is -0.830. The predicted molar refractivity (Wildman–Crippen MR) is 90.5 cm³/mol. The van der Waals surface area contributed by atoms with Gasteiger partial charge in [-0.1, -0.05) is 64.8 Å². The third-order valence-corrected chi connectivity index (χ3v) is 4.75. The van der Waals surface area contributed by atoms with Crippen LogP contribution in [0.3, 0.4) is 0 Å². The molecule has 1 N–H and O–H groups in total. The highest BCUT2D eigenvalue weighted by Gasteiger charge is 2.15. The topological polar surface area (TPSA) is 12.0 Å². The first-order valence-corrected chi connectivity index (χ1v) is 8.02. The minimum Gasteiger partial charge on any atom is -0.310 e. The molecule has 106 valence electrons. The molecule has 2 aromatic rings. The molecule has 0 aliphatic rings. The van der Waals surface area contributed by atoms with Crippen LogP contribution in [0.2, 0.25) is 5.02 Å². The number of likely N-dealkylation sites (N-methyl/N-ethyl adjacent to an activating group) is 1. The normalized spacial score (nSPS) is 12.4. The van der Waals surface area contributed by atoms with Gasteiger partial charge in [-0.3, -0.25) is 0 Å². The van der Waals surface area contributed by atoms with E-state index in [2.05, 4.69) is 59.4 Å². The molecule has 0 fully saturated rings. The zero-order chi connectivity index (χ0) is 14.5. The number of benzene rings is 2. The Labute approximate surface area is 134 Å². The van der Waals surface area contributed by atoms with Crippen LogP contribution in [0.5, 0.6) is 0 Å². The van der Waals surface area contributed by atoms with Crippen LogP contribution >= 0.6 is 27.5 Å². The van der Waals surface area contributed by atoms with Crippen LogP contribution in [0.15, 0.2) is 46.9 Å². The summed E-state index contributed by atoms with van der Waals surface area (Å²) < 4.78 is 1.15. The first-order chi connectivity index (χ1) is 9.63. The second-order valence-electron chi connectivity index (χ2n) is 4.86. The molecule has 0 aliphatic heterocycles. The van der Waals surface area contributed by atoms with Gasteiger partial charge in [0, 0.05) is 15.5 Å². The molecule has 0 aliphatic carbocycles. The molecule has 0 bridgehead atoms. The van der Waals surface area contributed by atoms with Gasteiger partial charge in [0.25, 0.3) is 0 Å². The number of halogens is 2. The van der Waals surface area contributed by atoms with E-state index in [-0.39, 0.29) is 6.04 Å². The third-order valence-electron chi connectivity index (χ3n) is 3.52. The van der Waals surface area contributed by atoms with Gasteiger partial charge in [0.1, 0.15) is 0 Å². The van der Waals surface area contributed by atoms with E-state index in [1.807, 2.05) is 18.2 Å². The molecule has 0 spiro atoms. The van der Waals surface area contributed by atoms with Crippen LogP contribution in [0.25, 0.3) is 0 Å². The van der Waals surface area contributed by atoms with Crippen molar-refractivity contribution >= 4 is 27.5 Å². The quantitative estimate of drug-likeness (QED) is 0.769. The van der Waals surface area contributed by atoms with Crippen molar-refractivity contribution < 1.29 is 0 Å². The van der Waals surface area contributed by atoms with Crippen LogP contribution in [-0.2, 0) is 6.42 Å². The minimum atomic E-state index is 0.275. The maximum absolute atomic E-state index is 6.29. The summed E-state index contributed by atoms with van der Waals surface area (Å²) in [5, 5.41) is 4.40. The van der Waals surface area contributed by atoms with Gasteiger partial charge < -0.3 is 5.32 Å². The Balaban J connectivity index is 2.32. The smallest absolute Gasteiger partial charge is 0.0438 e. The molecular weight excluding hydrogens is 334 g/mol. The Bertz CT molecular complexity index is 583. The number of hydrogen-bond acceptors (Lipinski definition) is 1. The molecule has 3 heteroatoms. The lowest BCUT2D eigenvalue weighted by Gasteiger charge is -2.21. The maximum Gasteiger partial charge on any atom is 0.0438 e. The average Bonchev–Trinajstić information content (AvgIpc) is 2.44. The maximum atomic E-state index is 6.29. The van der Waals surface area contributed by atoms with Gasteiger partial charge in [0.05, 0.1) is 0 Å². The van der Waals surface area contributed by atoms with E-state index in [4.69, 9.17) is 11.6 Å². The van der Waals surface area contributed by atoms with Gasteiger partial charge in [0.15, 0.2) is 0 Å². The molecule has 0 radical (unpaired) electrons. The predicted octanol–water partition coefficient (Wildman–Crippen LogP) is 5.30. The standard InChI is InChI=1S/C17H19BrClN/c1-3-20-17(11-13-7-4-5-10-16(13)19)14-8-6-9-15(18)12(14)2/h4-10,17,20H,3,11H2,1-2H3. The summed E-state index contributed by atoms with van der Waals surface area (Å²) >= 11 is 9.90. The fourth-order valence-electron chi connectivity index (χ4n) is 2.42. The van der Waals surface area contributed by atoms with E-state index in [1.54, 1.807) is 0 Å². The highest BCUT2D eigenvalue weighted by atomic mass is 79.9. The SMILES string of the molecule is CCNC(Cc1ccccc1Cl)c1cccc(Br)c1C. The molecule has 1 unspecified atom stereocenters. The molecule has 20 heavy (non-hydrogen) atoms. The van der Waals surface area contributed by atoms with E-state index in [1.165, 1.54) is 16.7 Å². The highest BCUT2D eigenvalue weighted by Crippen LogP contribution is 2.28. The average molecular weight is 353 g/mol. The van der Waals surface area contributed by atoms with E-state index >= 15 is 0 Å². The molecular formula is C17H19BrClN. The van der Waals surface area contributed by atoms with Crippen LogP contribution in [0.4, 0.5) is 0 Å². The van der Waals surface area contributed by atoms with Crippen LogP contribution in [0.1, 0.15) is 29.7 Å². The summed E-state index contributed by atoms with van der Waals surface area (Å²) in [6, 6.07) is 14.7. The third kappa shape index (κ3) is 3.63. The Morgan fingerprint density at radius 2 is 1.90 bits per heavy atom. The zero-order valence-electron chi connectivity index (χ0n) is 11.8. The van der Waals surface area contributed by atoms with Crippen molar-refractivity contribution in [1.29, 1.82) is 0 Å². The lowest BCUT2D eigenvalue weighted by Crippen LogP contribution is -2.24. The fraction of sp³-hybridized carbons (Fsp3) is 0.294. The number of nitrogens with one attached hydrogen (secondary N) is 1. The van der Waals surface area contributed by atoms with Crippen molar-refractivity contribution in [3.8, 4) is 0 Å². The second kappa shape index (κ2) is 7.26. The van der Waals surface area contributed by atoms with Crippen LogP contribution in [0, 0.1) is 6.92 Å². The second-order valence-corrected chi connectivity index (χ2v) is 6.12. The largest absolute Gasteiger partial charge is 0.310 e. The lowest BCUT2D eigenvalue weighted by molar-refractivity contribution is 0.547. The van der Waals surface area contributed by atoms with E-state index in [9.17, 15) is 0 Å². The zero-order valence-corrected chi connectivity index (χ0v) is 14.1. The minimum absolute atomic E-state index is 0.275. The highest BCUT2D eigenvalue weighted by molar-refractivity contribution is 9.10. The van der Waals surface area contributed by atoms with Crippen molar-refractivity contribution in [2.45, 2.75) is 26.3 Å². The molecule has 0 heterocycles. The van der Waals surface area contributed by atoms with Crippen molar-refractivity contribution in [3.63, 3.8) is 0 Å². The van der Waals surface area contributed by atoms with Gasteiger partial charge in [-0.05, 0) is 48.7 Å². The van der Waals surface area contributed by atoms with E-state index in [0.29, 0.717) is 0 Å². The summed E-state index contributed by atoms with van der Waals surface area (Å²) in [6.07, 6.45) is 0.894. The van der Waals surface area contributed by atoms with Crippen molar-refractivity contribution in [2.75, 3.05) is 6.54 Å². The van der Waals surface area contributed by atoms with Gasteiger partial charge in [0.2, 0.25) is 0 Å². The number of hydrogen-bond donors (Lipinski definition) is 1. The van der Waals surface area contributed by atoms with Gasteiger partial charge in [-0.2, -0.15) is 0 Å². The first-order valence-electron chi connectivity index (χ1n) is 6.85. The van der Waals surface area contributed by atoms with Gasteiger partial charge in [-0.25, -0.2) is 0 Å². The molecule has 2 rings (SSSR count). The summed E-state index contributed by atoms with van der Waals surface area (Å²) in [5.41, 5.74) is 3.78. The molecule has 1 atom stereocenters. The molecule has 0 saturated heterocycles. The van der Waals surface area contributed by atoms with Gasteiger partial charge >= 0.3 is 0 Å². The Kier molecular flexibility index (Phi) is 5.64.